The van der Waals surface area contributed by atoms with Crippen LogP contribution >= 0.6 is 0 Å². The molecule has 4 nitrogen and oxygen atoms in total. The highest BCUT2D eigenvalue weighted by Crippen LogP contribution is 2.37. The zero-order chi connectivity index (χ0) is 29.9. The molecule has 1 fully saturated rings. The van der Waals surface area contributed by atoms with E-state index >= 15 is 0 Å². The first-order valence-electron chi connectivity index (χ1n) is 16.5. The number of rotatable bonds is 13. The van der Waals surface area contributed by atoms with Crippen LogP contribution < -0.4 is 0 Å². The van der Waals surface area contributed by atoms with E-state index < -0.39 is 0 Å². The summed E-state index contributed by atoms with van der Waals surface area (Å²) in [6.07, 6.45) is 32.0. The summed E-state index contributed by atoms with van der Waals surface area (Å²) >= 11 is 0. The third-order valence-corrected chi connectivity index (χ3v) is 8.83. The van der Waals surface area contributed by atoms with E-state index in [-0.39, 0.29) is 6.61 Å². The summed E-state index contributed by atoms with van der Waals surface area (Å²) in [4.78, 5) is 19.7. The van der Waals surface area contributed by atoms with Crippen molar-refractivity contribution in [2.24, 2.45) is 10.9 Å². The number of carbonyl (C=O) groups excluding carboxylic acids is 1. The summed E-state index contributed by atoms with van der Waals surface area (Å²) in [6.45, 7) is 4.37. The number of aliphatic hydroxyl groups is 1. The van der Waals surface area contributed by atoms with E-state index in [1.54, 1.807) is 0 Å². The van der Waals surface area contributed by atoms with Gasteiger partial charge < -0.3 is 10.0 Å². The molecular weight excluding hydrogens is 528 g/mol. The van der Waals surface area contributed by atoms with E-state index in [1.165, 1.54) is 39.1 Å². The molecule has 0 amide bonds. The number of aliphatic hydroxyl groups excluding tert-OH is 1. The molecule has 2 heterocycles. The first-order valence-corrected chi connectivity index (χ1v) is 16.5. The topological polar surface area (TPSA) is 52.9 Å². The average molecular weight is 577 g/mol. The number of hydrogen-bond acceptors (Lipinski definition) is 4. The molecule has 43 heavy (non-hydrogen) atoms. The normalized spacial score (nSPS) is 20.7. The quantitative estimate of drug-likeness (QED) is 0.188. The Bertz CT molecular complexity index is 1380. The third-order valence-electron chi connectivity index (χ3n) is 8.83. The maximum atomic E-state index is 12.6. The van der Waals surface area contributed by atoms with E-state index in [2.05, 4.69) is 83.6 Å². The Balaban J connectivity index is 1.22. The SMILES string of the molecule is CCC/C(=C\CC/C=C/c1ccc(C2=CCC3=CN=CC=C(N4CC/C=C(\C(=O)C5CC5)CCC4)C3=C2)cc1)CCCO. The number of allylic oxidation sites excluding steroid dienone is 9. The summed E-state index contributed by atoms with van der Waals surface area (Å²) in [7, 11) is 0. The molecule has 4 aliphatic rings. The standard InChI is InChI=1S/C39H48N2O2/c1-2-9-30(12-8-27-42)10-4-3-5-11-31-15-17-32(18-16-31)35-21-22-36-29-40-24-23-38(37(36)28-35)41-25-6-13-33(14-7-26-41)39(43)34-19-20-34/h5,10-11,13,15-18,21,23-24,28-29,34,42H,2-4,6-9,12,14,19-20,22,25-27H2,1H3/b11-5+,30-10+,33-13-. The highest BCUT2D eigenvalue weighted by Gasteiger charge is 2.32. The van der Waals surface area contributed by atoms with E-state index in [0.717, 1.165) is 95.7 Å². The van der Waals surface area contributed by atoms with Crippen LogP contribution in [0.1, 0.15) is 95.1 Å². The van der Waals surface area contributed by atoms with Crippen LogP contribution in [0.15, 0.2) is 99.9 Å². The smallest absolute Gasteiger partial charge is 0.161 e. The lowest BCUT2D eigenvalue weighted by Crippen LogP contribution is -2.28. The molecule has 0 radical (unpaired) electrons. The summed E-state index contributed by atoms with van der Waals surface area (Å²) < 4.78 is 0. The van der Waals surface area contributed by atoms with Crippen molar-refractivity contribution in [1.82, 2.24) is 4.90 Å². The number of carbonyl (C=O) groups is 1. The van der Waals surface area contributed by atoms with E-state index in [1.807, 2.05) is 12.4 Å². The Morgan fingerprint density at radius 3 is 2.74 bits per heavy atom. The summed E-state index contributed by atoms with van der Waals surface area (Å²) in [5.41, 5.74) is 10.1. The lowest BCUT2D eigenvalue weighted by molar-refractivity contribution is -0.116. The Labute approximate surface area is 258 Å². The lowest BCUT2D eigenvalue weighted by Gasteiger charge is -2.31. The van der Waals surface area contributed by atoms with Gasteiger partial charge >= 0.3 is 0 Å². The summed E-state index contributed by atoms with van der Waals surface area (Å²) in [5, 5.41) is 9.14. The number of fused-ring (bicyclic) bond motifs is 1. The first-order chi connectivity index (χ1) is 21.2. The molecule has 5 rings (SSSR count). The summed E-state index contributed by atoms with van der Waals surface area (Å²) in [6, 6.07) is 8.91. The van der Waals surface area contributed by atoms with Gasteiger partial charge in [0.1, 0.15) is 0 Å². The largest absolute Gasteiger partial charge is 0.396 e. The molecule has 0 atom stereocenters. The van der Waals surface area contributed by atoms with Gasteiger partial charge in [-0.3, -0.25) is 9.79 Å². The van der Waals surface area contributed by atoms with E-state index in [4.69, 9.17) is 5.11 Å². The zero-order valence-electron chi connectivity index (χ0n) is 25.9. The van der Waals surface area contributed by atoms with Crippen LogP contribution in [0.25, 0.3) is 11.6 Å². The lowest BCUT2D eigenvalue weighted by atomic mass is 9.88. The molecule has 0 bridgehead atoms. The first kappa shape index (κ1) is 30.9. The number of ketones is 1. The number of nitrogens with zero attached hydrogens (tertiary/aromatic N) is 2. The maximum Gasteiger partial charge on any atom is 0.161 e. The number of hydrogen-bond donors (Lipinski definition) is 1. The molecular formula is C39H48N2O2. The van der Waals surface area contributed by atoms with E-state index in [9.17, 15) is 4.79 Å². The van der Waals surface area contributed by atoms with Gasteiger partial charge in [-0.2, -0.15) is 0 Å². The second kappa shape index (κ2) is 15.8. The van der Waals surface area contributed by atoms with Gasteiger partial charge in [-0.15, -0.1) is 0 Å². The summed E-state index contributed by atoms with van der Waals surface area (Å²) in [5.74, 6) is 0.724. The molecule has 1 aromatic carbocycles. The van der Waals surface area contributed by atoms with Crippen LogP contribution in [-0.4, -0.2) is 41.7 Å². The Hall–Kier alpha value is -3.50. The molecule has 4 heteroatoms. The van der Waals surface area contributed by atoms with Crippen LogP contribution in [0.4, 0.5) is 0 Å². The van der Waals surface area contributed by atoms with Gasteiger partial charge in [-0.25, -0.2) is 0 Å². The predicted molar refractivity (Wildman–Crippen MR) is 181 cm³/mol. The number of aliphatic imine (C=N–C) groups is 1. The second-order valence-corrected chi connectivity index (χ2v) is 12.2. The van der Waals surface area contributed by atoms with E-state index in [0.29, 0.717) is 11.7 Å². The number of benzene rings is 1. The van der Waals surface area contributed by atoms with Gasteiger partial charge in [0.05, 0.1) is 0 Å². The molecule has 0 saturated heterocycles. The predicted octanol–water partition coefficient (Wildman–Crippen LogP) is 8.94. The van der Waals surface area contributed by atoms with Gasteiger partial charge in [0.2, 0.25) is 0 Å². The number of unbranched alkanes of at least 4 members (excludes halogenated alkanes) is 1. The highest BCUT2D eigenvalue weighted by atomic mass is 16.2. The molecule has 226 valence electrons. The van der Waals surface area contributed by atoms with Crippen molar-refractivity contribution in [3.05, 3.63) is 106 Å². The van der Waals surface area contributed by atoms with Crippen LogP contribution in [0.3, 0.4) is 0 Å². The minimum Gasteiger partial charge on any atom is -0.396 e. The van der Waals surface area contributed by atoms with Crippen molar-refractivity contribution in [2.45, 2.75) is 84.0 Å². The molecule has 2 aliphatic carbocycles. The van der Waals surface area contributed by atoms with Crippen LogP contribution in [0.5, 0.6) is 0 Å². The molecule has 0 spiro atoms. The molecule has 1 saturated carbocycles. The van der Waals surface area contributed by atoms with Gasteiger partial charge in [0, 0.05) is 49.3 Å². The van der Waals surface area contributed by atoms with Crippen LogP contribution in [0.2, 0.25) is 0 Å². The molecule has 1 aromatic rings. The Kier molecular flexibility index (Phi) is 11.4. The minimum absolute atomic E-state index is 0.274. The fraction of sp³-hybridized carbons (Fsp3) is 0.436. The highest BCUT2D eigenvalue weighted by molar-refractivity contribution is 5.98. The van der Waals surface area contributed by atoms with Crippen LogP contribution in [0, 0.1) is 5.92 Å². The number of Topliss-reactive ketones (excluding diaryl/α,β-unsaturated/α-hetero) is 1. The molecule has 0 aromatic heterocycles. The molecule has 0 unspecified atom stereocenters. The van der Waals surface area contributed by atoms with Gasteiger partial charge in [0.15, 0.2) is 5.78 Å². The third kappa shape index (κ3) is 8.76. The van der Waals surface area contributed by atoms with Crippen molar-refractivity contribution < 1.29 is 9.90 Å². The van der Waals surface area contributed by atoms with Crippen molar-refractivity contribution in [3.63, 3.8) is 0 Å². The van der Waals surface area contributed by atoms with Crippen molar-refractivity contribution in [3.8, 4) is 0 Å². The second-order valence-electron chi connectivity index (χ2n) is 12.2. The van der Waals surface area contributed by atoms with Crippen molar-refractivity contribution >= 4 is 23.6 Å². The average Bonchev–Trinajstić information content (AvgIpc) is 3.87. The van der Waals surface area contributed by atoms with Crippen molar-refractivity contribution in [1.29, 1.82) is 0 Å². The van der Waals surface area contributed by atoms with Gasteiger partial charge in [0.25, 0.3) is 0 Å². The molecule has 1 N–H and O–H groups in total. The maximum absolute atomic E-state index is 12.6. The fourth-order valence-electron chi connectivity index (χ4n) is 6.30. The fourth-order valence-corrected chi connectivity index (χ4v) is 6.30. The zero-order valence-corrected chi connectivity index (χ0v) is 25.9. The van der Waals surface area contributed by atoms with Crippen molar-refractivity contribution in [2.75, 3.05) is 19.7 Å². The monoisotopic (exact) mass is 576 g/mol. The molecule has 2 aliphatic heterocycles. The van der Waals surface area contributed by atoms with Gasteiger partial charge in [-0.05, 0) is 111 Å². The van der Waals surface area contributed by atoms with Gasteiger partial charge in [-0.1, -0.05) is 73.6 Å². The minimum atomic E-state index is 0.274. The Morgan fingerprint density at radius 2 is 1.95 bits per heavy atom. The Morgan fingerprint density at radius 1 is 1.09 bits per heavy atom. The van der Waals surface area contributed by atoms with Crippen LogP contribution in [-0.2, 0) is 4.79 Å².